The predicted molar refractivity (Wildman–Crippen MR) is 76.7 cm³/mol. The van der Waals surface area contributed by atoms with Gasteiger partial charge in [-0.3, -0.25) is 14.9 Å². The summed E-state index contributed by atoms with van der Waals surface area (Å²) < 4.78 is 0. The maximum absolute atomic E-state index is 11.9. The van der Waals surface area contributed by atoms with E-state index in [2.05, 4.69) is 5.32 Å². The quantitative estimate of drug-likeness (QED) is 0.651. The van der Waals surface area contributed by atoms with Crippen molar-refractivity contribution in [3.05, 3.63) is 57.0 Å². The first-order chi connectivity index (χ1) is 9.97. The average molecular weight is 306 g/mol. The second kappa shape index (κ2) is 6.14. The third-order valence-electron chi connectivity index (χ3n) is 2.62. The van der Waals surface area contributed by atoms with Crippen molar-refractivity contribution in [1.29, 1.82) is 0 Å². The Morgan fingerprint density at radius 1 is 1.24 bits per heavy atom. The molecule has 2 N–H and O–H groups in total. The second-order valence-electron chi connectivity index (χ2n) is 4.08. The molecule has 7 nitrogen and oxygen atoms in total. The number of hydrogen-bond donors (Lipinski definition) is 2. The molecule has 1 aromatic heterocycles. The fraction of sp³-hybridized carbons (Fsp3) is 0.0769. The Kier molecular flexibility index (Phi) is 4.29. The Bertz CT molecular complexity index is 710. The predicted octanol–water partition coefficient (Wildman–Crippen LogP) is 2.54. The number of carboxylic acids is 1. The third kappa shape index (κ3) is 3.63. The van der Waals surface area contributed by atoms with Crippen LogP contribution in [0.3, 0.4) is 0 Å². The molecule has 0 spiro atoms. The smallest absolute Gasteiger partial charge is 0.345 e. The molecule has 0 atom stereocenters. The molecule has 0 unspecified atom stereocenters. The molecule has 2 rings (SSSR count). The van der Waals surface area contributed by atoms with E-state index in [1.54, 1.807) is 6.07 Å². The molecule has 108 valence electrons. The Hall–Kier alpha value is -2.74. The van der Waals surface area contributed by atoms with Crippen molar-refractivity contribution >= 4 is 33.9 Å². The molecule has 0 bridgehead atoms. The maximum Gasteiger partial charge on any atom is 0.345 e. The molecule has 0 aliphatic heterocycles. The van der Waals surface area contributed by atoms with Crippen LogP contribution in [0.5, 0.6) is 0 Å². The zero-order chi connectivity index (χ0) is 15.4. The van der Waals surface area contributed by atoms with E-state index in [0.717, 1.165) is 11.3 Å². The summed E-state index contributed by atoms with van der Waals surface area (Å²) in [4.78, 5) is 33.0. The standard InChI is InChI=1S/C13H10N2O5S/c16-11(14-12-6-5-10(21-12)13(17)18)7-8-3-1-2-4-9(8)15(19)20/h1-6H,7H2,(H,14,16)(H,17,18). The van der Waals surface area contributed by atoms with Gasteiger partial charge in [-0.15, -0.1) is 11.3 Å². The number of nitro benzene ring substituents is 1. The van der Waals surface area contributed by atoms with Crippen molar-refractivity contribution in [2.24, 2.45) is 0 Å². The van der Waals surface area contributed by atoms with Crippen molar-refractivity contribution < 1.29 is 19.6 Å². The molecule has 0 aliphatic rings. The monoisotopic (exact) mass is 306 g/mol. The Labute approximate surface area is 123 Å². The maximum atomic E-state index is 11.9. The number of carbonyl (C=O) groups excluding carboxylic acids is 1. The number of carboxylic acid groups (broad SMARTS) is 1. The lowest BCUT2D eigenvalue weighted by atomic mass is 10.1. The summed E-state index contributed by atoms with van der Waals surface area (Å²) >= 11 is 0.925. The van der Waals surface area contributed by atoms with E-state index in [1.165, 1.54) is 30.3 Å². The molecule has 0 radical (unpaired) electrons. The van der Waals surface area contributed by atoms with E-state index in [9.17, 15) is 19.7 Å². The number of aromatic carboxylic acids is 1. The van der Waals surface area contributed by atoms with Crippen LogP contribution in [0.1, 0.15) is 15.2 Å². The van der Waals surface area contributed by atoms with Gasteiger partial charge < -0.3 is 10.4 Å². The van der Waals surface area contributed by atoms with E-state index in [-0.39, 0.29) is 17.0 Å². The molecular weight excluding hydrogens is 296 g/mol. The topological polar surface area (TPSA) is 110 Å². The van der Waals surface area contributed by atoms with Crippen LogP contribution in [-0.2, 0) is 11.2 Å². The highest BCUT2D eigenvalue weighted by Crippen LogP contribution is 2.23. The van der Waals surface area contributed by atoms with Crippen molar-refractivity contribution in [3.8, 4) is 0 Å². The lowest BCUT2D eigenvalue weighted by Gasteiger charge is -2.03. The molecular formula is C13H10N2O5S. The fourth-order valence-corrected chi connectivity index (χ4v) is 2.47. The number of nitrogens with zero attached hydrogens (tertiary/aromatic N) is 1. The molecule has 21 heavy (non-hydrogen) atoms. The summed E-state index contributed by atoms with van der Waals surface area (Å²) in [6.07, 6.45) is -0.155. The SMILES string of the molecule is O=C(Cc1ccccc1[N+](=O)[O-])Nc1ccc(C(=O)O)s1. The Balaban J connectivity index is 2.08. The van der Waals surface area contributed by atoms with Crippen LogP contribution in [0.4, 0.5) is 10.7 Å². The molecule has 0 fully saturated rings. The van der Waals surface area contributed by atoms with E-state index in [1.807, 2.05) is 0 Å². The Morgan fingerprint density at radius 2 is 1.95 bits per heavy atom. The molecule has 0 saturated heterocycles. The largest absolute Gasteiger partial charge is 0.477 e. The second-order valence-corrected chi connectivity index (χ2v) is 5.16. The first-order valence-electron chi connectivity index (χ1n) is 5.82. The fourth-order valence-electron chi connectivity index (χ4n) is 1.71. The summed E-state index contributed by atoms with van der Waals surface area (Å²) in [6, 6.07) is 8.84. The molecule has 1 aromatic carbocycles. The third-order valence-corrected chi connectivity index (χ3v) is 3.61. The summed E-state index contributed by atoms with van der Waals surface area (Å²) in [7, 11) is 0. The van der Waals surface area contributed by atoms with Crippen molar-refractivity contribution in [2.75, 3.05) is 5.32 Å². The van der Waals surface area contributed by atoms with E-state index in [4.69, 9.17) is 5.11 Å². The molecule has 1 heterocycles. The van der Waals surface area contributed by atoms with Crippen molar-refractivity contribution in [1.82, 2.24) is 0 Å². The van der Waals surface area contributed by atoms with Gasteiger partial charge in [0, 0.05) is 11.6 Å². The van der Waals surface area contributed by atoms with Crippen LogP contribution >= 0.6 is 11.3 Å². The molecule has 1 amide bonds. The number of anilines is 1. The minimum atomic E-state index is -1.07. The summed E-state index contributed by atoms with van der Waals surface area (Å²) in [5.41, 5.74) is 0.181. The lowest BCUT2D eigenvalue weighted by molar-refractivity contribution is -0.385. The number of nitro groups is 1. The summed E-state index contributed by atoms with van der Waals surface area (Å²) in [5.74, 6) is -1.51. The van der Waals surface area contributed by atoms with Gasteiger partial charge in [0.15, 0.2) is 0 Å². The van der Waals surface area contributed by atoms with E-state index < -0.39 is 16.8 Å². The van der Waals surface area contributed by atoms with Gasteiger partial charge in [-0.25, -0.2) is 4.79 Å². The van der Waals surface area contributed by atoms with E-state index >= 15 is 0 Å². The minimum absolute atomic E-state index is 0.107. The van der Waals surface area contributed by atoms with Gasteiger partial charge in [-0.05, 0) is 12.1 Å². The van der Waals surface area contributed by atoms with Gasteiger partial charge in [-0.2, -0.15) is 0 Å². The lowest BCUT2D eigenvalue weighted by Crippen LogP contribution is -2.14. The summed E-state index contributed by atoms with van der Waals surface area (Å²) in [5, 5.41) is 22.5. The molecule has 0 aliphatic carbocycles. The normalized spacial score (nSPS) is 10.1. The average Bonchev–Trinajstić information content (AvgIpc) is 2.87. The van der Waals surface area contributed by atoms with Crippen molar-refractivity contribution in [2.45, 2.75) is 6.42 Å². The number of hydrogen-bond acceptors (Lipinski definition) is 5. The van der Waals surface area contributed by atoms with Crippen LogP contribution in [0, 0.1) is 10.1 Å². The molecule has 2 aromatic rings. The van der Waals surface area contributed by atoms with E-state index in [0.29, 0.717) is 10.6 Å². The van der Waals surface area contributed by atoms with Crippen LogP contribution in [-0.4, -0.2) is 21.9 Å². The van der Waals surface area contributed by atoms with Gasteiger partial charge in [0.05, 0.1) is 16.3 Å². The molecule has 8 heteroatoms. The first-order valence-corrected chi connectivity index (χ1v) is 6.64. The number of carbonyl (C=O) groups is 2. The van der Waals surface area contributed by atoms with Gasteiger partial charge in [-0.1, -0.05) is 18.2 Å². The number of amides is 1. The summed E-state index contributed by atoms with van der Waals surface area (Å²) in [6.45, 7) is 0. The number of thiophene rings is 1. The van der Waals surface area contributed by atoms with Crippen LogP contribution in [0.2, 0.25) is 0 Å². The molecule has 0 saturated carbocycles. The van der Waals surface area contributed by atoms with Crippen LogP contribution < -0.4 is 5.32 Å². The number of rotatable bonds is 5. The number of para-hydroxylation sites is 1. The number of nitrogens with one attached hydrogen (secondary N) is 1. The van der Waals surface area contributed by atoms with Gasteiger partial charge >= 0.3 is 5.97 Å². The first kappa shape index (κ1) is 14.7. The Morgan fingerprint density at radius 3 is 2.57 bits per heavy atom. The van der Waals surface area contributed by atoms with Gasteiger partial charge in [0.2, 0.25) is 5.91 Å². The van der Waals surface area contributed by atoms with Crippen LogP contribution in [0.25, 0.3) is 0 Å². The van der Waals surface area contributed by atoms with Crippen LogP contribution in [0.15, 0.2) is 36.4 Å². The zero-order valence-electron chi connectivity index (χ0n) is 10.6. The zero-order valence-corrected chi connectivity index (χ0v) is 11.4. The highest BCUT2D eigenvalue weighted by atomic mass is 32.1. The van der Waals surface area contributed by atoms with Gasteiger partial charge in [0.1, 0.15) is 4.88 Å². The number of benzene rings is 1. The minimum Gasteiger partial charge on any atom is -0.477 e. The highest BCUT2D eigenvalue weighted by molar-refractivity contribution is 7.18. The van der Waals surface area contributed by atoms with Gasteiger partial charge in [0.25, 0.3) is 5.69 Å². The highest BCUT2D eigenvalue weighted by Gasteiger charge is 2.16. The van der Waals surface area contributed by atoms with Crippen molar-refractivity contribution in [3.63, 3.8) is 0 Å².